The van der Waals surface area contributed by atoms with Crippen molar-refractivity contribution in [2.24, 2.45) is 0 Å². The minimum atomic E-state index is -1.04. The lowest BCUT2D eigenvalue weighted by Crippen LogP contribution is -2.40. The topological polar surface area (TPSA) is 79.2 Å². The van der Waals surface area contributed by atoms with Gasteiger partial charge in [-0.2, -0.15) is 0 Å². The van der Waals surface area contributed by atoms with Crippen LogP contribution in [0.25, 0.3) is 0 Å². The third-order valence-electron chi connectivity index (χ3n) is 5.93. The van der Waals surface area contributed by atoms with Gasteiger partial charge in [0.05, 0.1) is 19.8 Å². The molecule has 0 unspecified atom stereocenters. The summed E-state index contributed by atoms with van der Waals surface area (Å²) in [5.41, 5.74) is 0. The van der Waals surface area contributed by atoms with E-state index in [4.69, 9.17) is 9.47 Å². The maximum absolute atomic E-state index is 9.94. The predicted octanol–water partition coefficient (Wildman–Crippen LogP) is 4.91. The van der Waals surface area contributed by atoms with Crippen LogP contribution in [0.15, 0.2) is 12.2 Å². The van der Waals surface area contributed by atoms with Crippen LogP contribution in [0, 0.1) is 0 Å². The van der Waals surface area contributed by atoms with E-state index >= 15 is 0 Å². The zero-order chi connectivity index (χ0) is 21.9. The molecule has 0 radical (unpaired) electrons. The molecule has 1 fully saturated rings. The summed E-state index contributed by atoms with van der Waals surface area (Å²) in [6, 6.07) is 0. The normalized spacial score (nSPS) is 22.9. The first-order valence-corrected chi connectivity index (χ1v) is 12.5. The molecule has 1 rings (SSSR count). The van der Waals surface area contributed by atoms with Crippen molar-refractivity contribution in [3.8, 4) is 0 Å². The number of rotatable bonds is 20. The van der Waals surface area contributed by atoms with Gasteiger partial charge in [-0.1, -0.05) is 96.1 Å². The highest BCUT2D eigenvalue weighted by Gasteiger charge is 2.39. The molecule has 0 aromatic heterocycles. The fourth-order valence-electron chi connectivity index (χ4n) is 3.93. The van der Waals surface area contributed by atoms with Crippen LogP contribution in [-0.4, -0.2) is 59.6 Å². The van der Waals surface area contributed by atoms with Gasteiger partial charge in [0, 0.05) is 0 Å². The third kappa shape index (κ3) is 13.8. The Labute approximate surface area is 184 Å². The highest BCUT2D eigenvalue weighted by molar-refractivity contribution is 4.88. The van der Waals surface area contributed by atoms with Crippen LogP contribution in [0.4, 0.5) is 0 Å². The molecule has 0 aromatic rings. The monoisotopic (exact) mass is 428 g/mol. The average Bonchev–Trinajstić information content (AvgIpc) is 3.08. The van der Waals surface area contributed by atoms with Gasteiger partial charge in [-0.05, 0) is 19.3 Å². The van der Waals surface area contributed by atoms with E-state index in [9.17, 15) is 15.3 Å². The largest absolute Gasteiger partial charge is 0.388 e. The fourth-order valence-corrected chi connectivity index (χ4v) is 3.93. The Morgan fingerprint density at radius 3 is 1.90 bits per heavy atom. The van der Waals surface area contributed by atoms with Gasteiger partial charge in [-0.3, -0.25) is 0 Å². The highest BCUT2D eigenvalue weighted by atomic mass is 16.5. The SMILES string of the molecule is CCCCCCCCCCCCCCC/C=C/CCOC[C@H](O)[C@@H]1OC[C@@H](O)[C@@H]1O. The summed E-state index contributed by atoms with van der Waals surface area (Å²) in [7, 11) is 0. The molecule has 0 spiro atoms. The molecule has 0 bridgehead atoms. The maximum Gasteiger partial charge on any atom is 0.114 e. The van der Waals surface area contributed by atoms with E-state index in [1.165, 1.54) is 83.5 Å². The van der Waals surface area contributed by atoms with Crippen molar-refractivity contribution in [2.75, 3.05) is 19.8 Å². The Hall–Kier alpha value is -0.460. The summed E-state index contributed by atoms with van der Waals surface area (Å²) in [5.74, 6) is 0. The van der Waals surface area contributed by atoms with E-state index in [2.05, 4.69) is 19.1 Å². The van der Waals surface area contributed by atoms with Gasteiger partial charge in [0.25, 0.3) is 0 Å². The maximum atomic E-state index is 9.94. The van der Waals surface area contributed by atoms with Crippen molar-refractivity contribution < 1.29 is 24.8 Å². The lowest BCUT2D eigenvalue weighted by molar-refractivity contribution is -0.0806. The minimum absolute atomic E-state index is 0.0603. The second-order valence-electron chi connectivity index (χ2n) is 8.79. The van der Waals surface area contributed by atoms with E-state index in [1.807, 2.05) is 0 Å². The molecule has 4 atom stereocenters. The first kappa shape index (κ1) is 27.6. The lowest BCUT2D eigenvalue weighted by atomic mass is 10.0. The van der Waals surface area contributed by atoms with Crippen molar-refractivity contribution in [2.45, 2.75) is 128 Å². The Kier molecular flexibility index (Phi) is 17.7. The first-order chi connectivity index (χ1) is 14.7. The van der Waals surface area contributed by atoms with Gasteiger partial charge < -0.3 is 24.8 Å². The summed E-state index contributed by atoms with van der Waals surface area (Å²) in [5, 5.41) is 29.0. The summed E-state index contributed by atoms with van der Waals surface area (Å²) in [6.45, 7) is 2.99. The van der Waals surface area contributed by atoms with Gasteiger partial charge in [0.1, 0.15) is 24.4 Å². The van der Waals surface area contributed by atoms with Gasteiger partial charge in [0.15, 0.2) is 0 Å². The Bertz CT molecular complexity index is 401. The Morgan fingerprint density at radius 2 is 1.37 bits per heavy atom. The van der Waals surface area contributed by atoms with Crippen LogP contribution in [0.5, 0.6) is 0 Å². The number of unbranched alkanes of at least 4 members (excludes halogenated alkanes) is 13. The first-order valence-electron chi connectivity index (χ1n) is 12.5. The van der Waals surface area contributed by atoms with E-state index in [-0.39, 0.29) is 13.2 Å². The molecule has 1 saturated heterocycles. The second kappa shape index (κ2) is 19.2. The van der Waals surface area contributed by atoms with Gasteiger partial charge in [-0.15, -0.1) is 0 Å². The van der Waals surface area contributed by atoms with Crippen molar-refractivity contribution in [3.63, 3.8) is 0 Å². The molecule has 30 heavy (non-hydrogen) atoms. The van der Waals surface area contributed by atoms with Crippen LogP contribution in [-0.2, 0) is 9.47 Å². The summed E-state index contributed by atoms with van der Waals surface area (Å²) < 4.78 is 10.6. The Balaban J connectivity index is 1.78. The number of hydrogen-bond donors (Lipinski definition) is 3. The van der Waals surface area contributed by atoms with Gasteiger partial charge in [0.2, 0.25) is 0 Å². The van der Waals surface area contributed by atoms with Gasteiger partial charge in [-0.25, -0.2) is 0 Å². The molecule has 178 valence electrons. The molecule has 1 aliphatic heterocycles. The Morgan fingerprint density at radius 1 is 0.833 bits per heavy atom. The van der Waals surface area contributed by atoms with Crippen molar-refractivity contribution in [3.05, 3.63) is 12.2 Å². The van der Waals surface area contributed by atoms with Gasteiger partial charge >= 0.3 is 0 Å². The standard InChI is InChI=1S/C25H48O5/c1-2-3-4-5-6-7-8-9-10-11-12-13-14-15-16-17-18-19-29-20-23(27)25-24(28)22(26)21-30-25/h16-17,22-28H,2-15,18-21H2,1H3/b17-16+/t22-,23+,24+,25+/m1/s1. The lowest BCUT2D eigenvalue weighted by Gasteiger charge is -2.20. The molecular formula is C25H48O5. The molecule has 3 N–H and O–H groups in total. The number of hydrogen-bond acceptors (Lipinski definition) is 5. The van der Waals surface area contributed by atoms with E-state index in [1.54, 1.807) is 0 Å². The van der Waals surface area contributed by atoms with Crippen LogP contribution < -0.4 is 0 Å². The highest BCUT2D eigenvalue weighted by Crippen LogP contribution is 2.18. The molecule has 5 nitrogen and oxygen atoms in total. The van der Waals surface area contributed by atoms with Crippen molar-refractivity contribution in [1.82, 2.24) is 0 Å². The summed E-state index contributed by atoms with van der Waals surface area (Å²) in [4.78, 5) is 0. The predicted molar refractivity (Wildman–Crippen MR) is 123 cm³/mol. The molecule has 5 heteroatoms. The summed E-state index contributed by atoms with van der Waals surface area (Å²) in [6.07, 6.45) is 20.7. The zero-order valence-electron chi connectivity index (χ0n) is 19.4. The van der Waals surface area contributed by atoms with Crippen molar-refractivity contribution in [1.29, 1.82) is 0 Å². The molecular weight excluding hydrogens is 380 g/mol. The smallest absolute Gasteiger partial charge is 0.114 e. The minimum Gasteiger partial charge on any atom is -0.388 e. The van der Waals surface area contributed by atoms with Crippen LogP contribution in [0.1, 0.15) is 103 Å². The zero-order valence-corrected chi connectivity index (χ0v) is 19.4. The quantitative estimate of drug-likeness (QED) is 0.190. The average molecular weight is 429 g/mol. The van der Waals surface area contributed by atoms with Crippen LogP contribution in [0.3, 0.4) is 0 Å². The van der Waals surface area contributed by atoms with E-state index in [0.29, 0.717) is 6.61 Å². The number of aliphatic hydroxyl groups is 3. The molecule has 0 amide bonds. The molecule has 1 aliphatic rings. The van der Waals surface area contributed by atoms with Crippen LogP contribution in [0.2, 0.25) is 0 Å². The fraction of sp³-hybridized carbons (Fsp3) is 0.920. The number of allylic oxidation sites excluding steroid dienone is 1. The molecule has 0 saturated carbocycles. The van der Waals surface area contributed by atoms with Crippen molar-refractivity contribution >= 4 is 0 Å². The van der Waals surface area contributed by atoms with Crippen LogP contribution >= 0.6 is 0 Å². The number of ether oxygens (including phenoxy) is 2. The molecule has 0 aliphatic carbocycles. The van der Waals surface area contributed by atoms with E-state index in [0.717, 1.165) is 12.8 Å². The van der Waals surface area contributed by atoms with E-state index < -0.39 is 24.4 Å². The summed E-state index contributed by atoms with van der Waals surface area (Å²) >= 11 is 0. The second-order valence-corrected chi connectivity index (χ2v) is 8.79. The molecule has 1 heterocycles. The third-order valence-corrected chi connectivity index (χ3v) is 5.93. The molecule has 0 aromatic carbocycles. The number of aliphatic hydroxyl groups excluding tert-OH is 3.